The summed E-state index contributed by atoms with van der Waals surface area (Å²) in [6.45, 7) is 2.58. The van der Waals surface area contributed by atoms with E-state index in [4.69, 9.17) is 11.6 Å². The van der Waals surface area contributed by atoms with E-state index in [1.807, 2.05) is 25.1 Å². The zero-order valence-electron chi connectivity index (χ0n) is 9.81. The summed E-state index contributed by atoms with van der Waals surface area (Å²) < 4.78 is 14.1. The van der Waals surface area contributed by atoms with Gasteiger partial charge in [0.15, 0.2) is 0 Å². The zero-order chi connectivity index (χ0) is 13.1. The Labute approximate surface area is 124 Å². The number of rotatable bonds is 3. The second-order valence-corrected chi connectivity index (χ2v) is 5.65. The maximum Gasteiger partial charge on any atom is 0.123 e. The Morgan fingerprint density at radius 2 is 2.00 bits per heavy atom. The fourth-order valence-corrected chi connectivity index (χ4v) is 2.74. The van der Waals surface area contributed by atoms with E-state index in [2.05, 4.69) is 27.9 Å². The third-order valence-corrected chi connectivity index (χ3v) is 3.83. The van der Waals surface area contributed by atoms with Crippen LogP contribution in [0, 0.1) is 16.3 Å². The molecule has 0 saturated carbocycles. The summed E-state index contributed by atoms with van der Waals surface area (Å²) in [6.07, 6.45) is 0. The lowest BCUT2D eigenvalue weighted by atomic mass is 10.1. The van der Waals surface area contributed by atoms with Gasteiger partial charge in [0, 0.05) is 20.8 Å². The van der Waals surface area contributed by atoms with Gasteiger partial charge in [0.25, 0.3) is 0 Å². The van der Waals surface area contributed by atoms with Crippen molar-refractivity contribution in [3.05, 3.63) is 61.9 Å². The highest BCUT2D eigenvalue weighted by Crippen LogP contribution is 2.23. The highest BCUT2D eigenvalue weighted by atomic mass is 127. The van der Waals surface area contributed by atoms with E-state index in [-0.39, 0.29) is 5.82 Å². The molecule has 2 rings (SSSR count). The molecule has 2 aromatic rings. The maximum absolute atomic E-state index is 13.0. The minimum Gasteiger partial charge on any atom is -0.380 e. The van der Waals surface area contributed by atoms with Crippen LogP contribution < -0.4 is 5.32 Å². The van der Waals surface area contributed by atoms with Crippen LogP contribution in [0.15, 0.2) is 36.4 Å². The SMILES string of the molecule is Cc1cc(F)ccc1CNc1ccc(Cl)cc1I. The van der Waals surface area contributed by atoms with Gasteiger partial charge >= 0.3 is 0 Å². The maximum atomic E-state index is 13.0. The van der Waals surface area contributed by atoms with Gasteiger partial charge in [0.2, 0.25) is 0 Å². The van der Waals surface area contributed by atoms with E-state index in [0.717, 1.165) is 25.4 Å². The summed E-state index contributed by atoms with van der Waals surface area (Å²) in [5.74, 6) is -0.197. The lowest BCUT2D eigenvalue weighted by molar-refractivity contribution is 0.625. The molecule has 18 heavy (non-hydrogen) atoms. The summed E-state index contributed by atoms with van der Waals surface area (Å²) >= 11 is 8.14. The molecular weight excluding hydrogens is 364 g/mol. The molecule has 0 radical (unpaired) electrons. The average Bonchev–Trinajstić information content (AvgIpc) is 2.30. The highest BCUT2D eigenvalue weighted by molar-refractivity contribution is 14.1. The van der Waals surface area contributed by atoms with Gasteiger partial charge in [0.05, 0.1) is 0 Å². The predicted molar refractivity (Wildman–Crippen MR) is 82.6 cm³/mol. The molecule has 0 aliphatic carbocycles. The molecule has 0 saturated heterocycles. The van der Waals surface area contributed by atoms with E-state index in [1.165, 1.54) is 6.07 Å². The zero-order valence-corrected chi connectivity index (χ0v) is 12.7. The number of anilines is 1. The summed E-state index contributed by atoms with van der Waals surface area (Å²) in [7, 11) is 0. The summed E-state index contributed by atoms with van der Waals surface area (Å²) in [5.41, 5.74) is 3.07. The fourth-order valence-electron chi connectivity index (χ4n) is 1.68. The van der Waals surface area contributed by atoms with Gasteiger partial charge in [-0.05, 0) is 71.0 Å². The largest absolute Gasteiger partial charge is 0.380 e. The Hall–Kier alpha value is -0.810. The summed E-state index contributed by atoms with van der Waals surface area (Å²) in [4.78, 5) is 0. The average molecular weight is 376 g/mol. The van der Waals surface area contributed by atoms with Crippen LogP contribution in [0.4, 0.5) is 10.1 Å². The first-order valence-electron chi connectivity index (χ1n) is 5.50. The van der Waals surface area contributed by atoms with Gasteiger partial charge in [-0.15, -0.1) is 0 Å². The van der Waals surface area contributed by atoms with Crippen LogP contribution in [0.1, 0.15) is 11.1 Å². The molecule has 4 heteroatoms. The molecule has 1 nitrogen and oxygen atoms in total. The van der Waals surface area contributed by atoms with E-state index in [9.17, 15) is 4.39 Å². The van der Waals surface area contributed by atoms with Crippen molar-refractivity contribution >= 4 is 39.9 Å². The van der Waals surface area contributed by atoms with Gasteiger partial charge in [-0.25, -0.2) is 4.39 Å². The van der Waals surface area contributed by atoms with Crippen LogP contribution in [0.25, 0.3) is 0 Å². The molecule has 0 spiro atoms. The van der Waals surface area contributed by atoms with Crippen molar-refractivity contribution in [2.45, 2.75) is 13.5 Å². The topological polar surface area (TPSA) is 12.0 Å². The van der Waals surface area contributed by atoms with Crippen molar-refractivity contribution in [2.24, 2.45) is 0 Å². The standard InChI is InChI=1S/C14H12ClFIN/c1-9-6-12(16)4-2-10(9)8-18-14-5-3-11(15)7-13(14)17/h2-7,18H,8H2,1H3. The normalized spacial score (nSPS) is 10.4. The first-order valence-corrected chi connectivity index (χ1v) is 6.96. The van der Waals surface area contributed by atoms with Crippen molar-refractivity contribution in [3.8, 4) is 0 Å². The molecule has 0 unspecified atom stereocenters. The number of aryl methyl sites for hydroxylation is 1. The van der Waals surface area contributed by atoms with E-state index >= 15 is 0 Å². The van der Waals surface area contributed by atoms with Gasteiger partial charge < -0.3 is 5.32 Å². The molecule has 0 aliphatic heterocycles. The Morgan fingerprint density at radius 3 is 2.67 bits per heavy atom. The summed E-state index contributed by atoms with van der Waals surface area (Å²) in [6, 6.07) is 10.5. The third kappa shape index (κ3) is 3.36. The molecule has 94 valence electrons. The van der Waals surface area contributed by atoms with Crippen LogP contribution in [0.5, 0.6) is 0 Å². The Balaban J connectivity index is 2.11. The molecule has 1 N–H and O–H groups in total. The van der Waals surface area contributed by atoms with Gasteiger partial charge in [-0.3, -0.25) is 0 Å². The number of hydrogen-bond acceptors (Lipinski definition) is 1. The molecule has 0 aliphatic rings. The minimum atomic E-state index is -0.197. The second-order valence-electron chi connectivity index (χ2n) is 4.05. The molecule has 0 bridgehead atoms. The predicted octanol–water partition coefficient (Wildman–Crippen LogP) is 5.00. The third-order valence-electron chi connectivity index (χ3n) is 2.71. The van der Waals surface area contributed by atoms with Gasteiger partial charge in [-0.1, -0.05) is 17.7 Å². The van der Waals surface area contributed by atoms with Crippen molar-refractivity contribution in [1.29, 1.82) is 0 Å². The van der Waals surface area contributed by atoms with Crippen LogP contribution >= 0.6 is 34.2 Å². The quantitative estimate of drug-likeness (QED) is 0.744. The van der Waals surface area contributed by atoms with Crippen molar-refractivity contribution in [3.63, 3.8) is 0 Å². The lowest BCUT2D eigenvalue weighted by Gasteiger charge is -2.11. The molecule has 0 amide bonds. The Morgan fingerprint density at radius 1 is 1.22 bits per heavy atom. The smallest absolute Gasteiger partial charge is 0.123 e. The van der Waals surface area contributed by atoms with Crippen molar-refractivity contribution in [2.75, 3.05) is 5.32 Å². The molecule has 0 aromatic heterocycles. The monoisotopic (exact) mass is 375 g/mol. The van der Waals surface area contributed by atoms with Crippen molar-refractivity contribution < 1.29 is 4.39 Å². The van der Waals surface area contributed by atoms with Crippen LogP contribution in [-0.2, 0) is 6.54 Å². The fraction of sp³-hybridized carbons (Fsp3) is 0.143. The van der Waals surface area contributed by atoms with Crippen molar-refractivity contribution in [1.82, 2.24) is 0 Å². The number of hydrogen-bond donors (Lipinski definition) is 1. The first-order chi connectivity index (χ1) is 8.56. The summed E-state index contributed by atoms with van der Waals surface area (Å²) in [5, 5.41) is 4.05. The number of nitrogens with one attached hydrogen (secondary N) is 1. The number of benzene rings is 2. The Bertz CT molecular complexity index is 520. The first kappa shape index (κ1) is 13.6. The van der Waals surface area contributed by atoms with E-state index in [1.54, 1.807) is 12.1 Å². The van der Waals surface area contributed by atoms with E-state index in [0.29, 0.717) is 6.54 Å². The lowest BCUT2D eigenvalue weighted by Crippen LogP contribution is -2.02. The molecular formula is C14H12ClFIN. The van der Waals surface area contributed by atoms with Gasteiger partial charge in [0.1, 0.15) is 5.82 Å². The molecule has 2 aromatic carbocycles. The Kier molecular flexibility index (Phi) is 4.45. The molecule has 0 heterocycles. The van der Waals surface area contributed by atoms with Crippen LogP contribution in [0.2, 0.25) is 5.02 Å². The highest BCUT2D eigenvalue weighted by Gasteiger charge is 2.03. The van der Waals surface area contributed by atoms with Gasteiger partial charge in [-0.2, -0.15) is 0 Å². The minimum absolute atomic E-state index is 0.197. The van der Waals surface area contributed by atoms with E-state index < -0.39 is 0 Å². The second kappa shape index (κ2) is 5.89. The molecule has 0 fully saturated rings. The molecule has 0 atom stereocenters. The number of halogens is 3. The van der Waals surface area contributed by atoms with Crippen LogP contribution in [0.3, 0.4) is 0 Å². The van der Waals surface area contributed by atoms with Crippen LogP contribution in [-0.4, -0.2) is 0 Å².